The summed E-state index contributed by atoms with van der Waals surface area (Å²) in [6.45, 7) is 4.39. The molecular weight excluding hydrogens is 243 g/mol. The van der Waals surface area contributed by atoms with Crippen molar-refractivity contribution < 1.29 is 9.18 Å². The number of nitrogen functional groups attached to an aromatic ring is 1. The monoisotopic (exact) mass is 264 g/mol. The molecule has 104 valence electrons. The molecule has 1 amide bonds. The largest absolute Gasteiger partial charge is 0.399 e. The second kappa shape index (κ2) is 5.59. The average molecular weight is 264 g/mol. The zero-order valence-electron chi connectivity index (χ0n) is 11.4. The van der Waals surface area contributed by atoms with Gasteiger partial charge >= 0.3 is 0 Å². The smallest absolute Gasteiger partial charge is 0.251 e. The van der Waals surface area contributed by atoms with Crippen molar-refractivity contribution in [3.8, 4) is 0 Å². The Balaban J connectivity index is 2.04. The van der Waals surface area contributed by atoms with Gasteiger partial charge in [-0.15, -0.1) is 0 Å². The molecular formula is C15H21FN2O. The van der Waals surface area contributed by atoms with Gasteiger partial charge in [0.25, 0.3) is 5.91 Å². The van der Waals surface area contributed by atoms with Crippen LogP contribution in [-0.2, 0) is 0 Å². The number of hydrogen-bond donors (Lipinski definition) is 2. The van der Waals surface area contributed by atoms with Gasteiger partial charge in [0.2, 0.25) is 0 Å². The molecule has 3 atom stereocenters. The summed E-state index contributed by atoms with van der Waals surface area (Å²) in [5.74, 6) is 0.458. The van der Waals surface area contributed by atoms with Gasteiger partial charge in [0.1, 0.15) is 5.82 Å². The molecule has 1 saturated carbocycles. The Kier molecular flexibility index (Phi) is 4.08. The molecule has 1 aromatic carbocycles. The van der Waals surface area contributed by atoms with Crippen molar-refractivity contribution in [1.82, 2.24) is 5.32 Å². The summed E-state index contributed by atoms with van der Waals surface area (Å²) in [6, 6.07) is 4.12. The molecule has 0 saturated heterocycles. The van der Waals surface area contributed by atoms with E-state index in [1.54, 1.807) is 0 Å². The molecule has 4 heteroatoms. The van der Waals surface area contributed by atoms with Gasteiger partial charge in [-0.2, -0.15) is 0 Å². The molecule has 1 aliphatic rings. The molecule has 1 aromatic rings. The molecule has 0 bridgehead atoms. The summed E-state index contributed by atoms with van der Waals surface area (Å²) >= 11 is 0. The van der Waals surface area contributed by atoms with E-state index in [-0.39, 0.29) is 17.6 Å². The molecule has 19 heavy (non-hydrogen) atoms. The quantitative estimate of drug-likeness (QED) is 0.807. The van der Waals surface area contributed by atoms with E-state index in [0.29, 0.717) is 17.4 Å². The molecule has 2 rings (SSSR count). The standard InChI is InChI=1S/C15H21FN2O/c1-9-3-4-14(10(2)5-9)18-15(19)11-6-12(16)8-13(17)7-11/h6-10,14H,3-5,17H2,1-2H3,(H,18,19). The summed E-state index contributed by atoms with van der Waals surface area (Å²) in [4.78, 5) is 12.1. The maximum Gasteiger partial charge on any atom is 0.251 e. The number of rotatable bonds is 2. The molecule has 0 spiro atoms. The fourth-order valence-electron chi connectivity index (χ4n) is 2.87. The maximum atomic E-state index is 13.2. The Labute approximate surface area is 113 Å². The highest BCUT2D eigenvalue weighted by molar-refractivity contribution is 5.95. The first-order valence-electron chi connectivity index (χ1n) is 6.82. The van der Waals surface area contributed by atoms with Crippen LogP contribution in [-0.4, -0.2) is 11.9 Å². The number of hydrogen-bond acceptors (Lipinski definition) is 2. The lowest BCUT2D eigenvalue weighted by atomic mass is 9.80. The van der Waals surface area contributed by atoms with Gasteiger partial charge in [-0.3, -0.25) is 4.79 Å². The van der Waals surface area contributed by atoms with E-state index < -0.39 is 5.82 Å². The third-order valence-corrected chi connectivity index (χ3v) is 3.93. The molecule has 0 heterocycles. The zero-order chi connectivity index (χ0) is 14.0. The highest BCUT2D eigenvalue weighted by Crippen LogP contribution is 2.28. The zero-order valence-corrected chi connectivity index (χ0v) is 11.4. The SMILES string of the molecule is CC1CCC(NC(=O)c2cc(N)cc(F)c2)C(C)C1. The third kappa shape index (κ3) is 3.46. The van der Waals surface area contributed by atoms with E-state index in [1.807, 2.05) is 0 Å². The molecule has 3 nitrogen and oxygen atoms in total. The van der Waals surface area contributed by atoms with E-state index in [1.165, 1.54) is 18.2 Å². The van der Waals surface area contributed by atoms with Crippen LogP contribution >= 0.6 is 0 Å². The normalized spacial score (nSPS) is 27.0. The third-order valence-electron chi connectivity index (χ3n) is 3.93. The Morgan fingerprint density at radius 1 is 1.32 bits per heavy atom. The van der Waals surface area contributed by atoms with Gasteiger partial charge in [0.15, 0.2) is 0 Å². The van der Waals surface area contributed by atoms with Crippen LogP contribution in [0.3, 0.4) is 0 Å². The minimum Gasteiger partial charge on any atom is -0.399 e. The Morgan fingerprint density at radius 3 is 2.68 bits per heavy atom. The molecule has 1 fully saturated rings. The first kappa shape index (κ1) is 13.8. The van der Waals surface area contributed by atoms with Crippen LogP contribution in [0.4, 0.5) is 10.1 Å². The van der Waals surface area contributed by atoms with Crippen molar-refractivity contribution in [3.05, 3.63) is 29.6 Å². The van der Waals surface area contributed by atoms with Crippen molar-refractivity contribution in [1.29, 1.82) is 0 Å². The van der Waals surface area contributed by atoms with E-state index in [9.17, 15) is 9.18 Å². The van der Waals surface area contributed by atoms with Crippen LogP contribution < -0.4 is 11.1 Å². The lowest BCUT2D eigenvalue weighted by Gasteiger charge is -2.33. The summed E-state index contributed by atoms with van der Waals surface area (Å²) in [6.07, 6.45) is 3.23. The number of amides is 1. The molecule has 0 radical (unpaired) electrons. The molecule has 3 unspecified atom stereocenters. The van der Waals surface area contributed by atoms with Crippen LogP contribution in [0.1, 0.15) is 43.5 Å². The van der Waals surface area contributed by atoms with Gasteiger partial charge in [-0.1, -0.05) is 13.8 Å². The van der Waals surface area contributed by atoms with Crippen LogP contribution in [0.25, 0.3) is 0 Å². The van der Waals surface area contributed by atoms with Crippen LogP contribution in [0.2, 0.25) is 0 Å². The summed E-state index contributed by atoms with van der Waals surface area (Å²) in [5.41, 5.74) is 6.12. The number of halogens is 1. The van der Waals surface area contributed by atoms with Crippen molar-refractivity contribution in [2.75, 3.05) is 5.73 Å². The minimum atomic E-state index is -0.476. The second-order valence-electron chi connectivity index (χ2n) is 5.75. The Morgan fingerprint density at radius 2 is 2.05 bits per heavy atom. The highest BCUT2D eigenvalue weighted by Gasteiger charge is 2.26. The van der Waals surface area contributed by atoms with Crippen molar-refractivity contribution in [2.45, 2.75) is 39.2 Å². The Bertz CT molecular complexity index is 455. The molecule has 0 aliphatic heterocycles. The number of nitrogens with two attached hydrogens (primary N) is 1. The number of nitrogens with one attached hydrogen (secondary N) is 1. The van der Waals surface area contributed by atoms with Crippen LogP contribution in [0.5, 0.6) is 0 Å². The van der Waals surface area contributed by atoms with Crippen molar-refractivity contribution in [2.24, 2.45) is 11.8 Å². The summed E-state index contributed by atoms with van der Waals surface area (Å²) in [7, 11) is 0. The molecule has 1 aliphatic carbocycles. The van der Waals surface area contributed by atoms with Crippen LogP contribution in [0.15, 0.2) is 18.2 Å². The van der Waals surface area contributed by atoms with E-state index in [0.717, 1.165) is 19.3 Å². The predicted octanol–water partition coefficient (Wildman–Crippen LogP) is 2.96. The topological polar surface area (TPSA) is 55.1 Å². The second-order valence-corrected chi connectivity index (χ2v) is 5.75. The summed E-state index contributed by atoms with van der Waals surface area (Å²) < 4.78 is 13.2. The fourth-order valence-corrected chi connectivity index (χ4v) is 2.87. The predicted molar refractivity (Wildman–Crippen MR) is 74.2 cm³/mol. The van der Waals surface area contributed by atoms with Gasteiger partial charge in [-0.05, 0) is 49.3 Å². The van der Waals surface area contributed by atoms with Gasteiger partial charge in [0.05, 0.1) is 0 Å². The van der Waals surface area contributed by atoms with Crippen molar-refractivity contribution >= 4 is 11.6 Å². The number of carbonyl (C=O) groups is 1. The summed E-state index contributed by atoms with van der Waals surface area (Å²) in [5, 5.41) is 3.00. The van der Waals surface area contributed by atoms with Gasteiger partial charge in [-0.25, -0.2) is 4.39 Å². The number of benzene rings is 1. The van der Waals surface area contributed by atoms with Gasteiger partial charge in [0, 0.05) is 17.3 Å². The molecule has 0 aromatic heterocycles. The van der Waals surface area contributed by atoms with Gasteiger partial charge < -0.3 is 11.1 Å². The van der Waals surface area contributed by atoms with Crippen LogP contribution in [0, 0.1) is 17.7 Å². The first-order chi connectivity index (χ1) is 8.95. The highest BCUT2D eigenvalue weighted by atomic mass is 19.1. The fraction of sp³-hybridized carbons (Fsp3) is 0.533. The van der Waals surface area contributed by atoms with E-state index in [4.69, 9.17) is 5.73 Å². The first-order valence-corrected chi connectivity index (χ1v) is 6.82. The molecule has 3 N–H and O–H groups in total. The van der Waals surface area contributed by atoms with E-state index in [2.05, 4.69) is 19.2 Å². The number of anilines is 1. The van der Waals surface area contributed by atoms with E-state index >= 15 is 0 Å². The average Bonchev–Trinajstić information content (AvgIpc) is 2.31. The van der Waals surface area contributed by atoms with Crippen molar-refractivity contribution in [3.63, 3.8) is 0 Å². The number of carbonyl (C=O) groups excluding carboxylic acids is 1. The Hall–Kier alpha value is -1.58. The lowest BCUT2D eigenvalue weighted by Crippen LogP contribution is -2.42. The minimum absolute atomic E-state index is 0.174. The lowest BCUT2D eigenvalue weighted by molar-refractivity contribution is 0.0899. The maximum absolute atomic E-state index is 13.2.